The molecule has 0 bridgehead atoms. The fraction of sp³-hybridized carbons (Fsp3) is 0.583. The summed E-state index contributed by atoms with van der Waals surface area (Å²) in [4.78, 5) is 15.8. The van der Waals surface area contributed by atoms with Crippen molar-refractivity contribution in [1.82, 2.24) is 4.90 Å². The van der Waals surface area contributed by atoms with Gasteiger partial charge in [-0.1, -0.05) is 0 Å². The molecular formula is C12H16N2O3S2. The Balaban J connectivity index is 1.89. The van der Waals surface area contributed by atoms with E-state index >= 15 is 0 Å². The number of carbonyl (C=O) groups excluding carboxylic acids is 1. The van der Waals surface area contributed by atoms with Gasteiger partial charge >= 0.3 is 0 Å². The third-order valence-corrected chi connectivity index (χ3v) is 5.95. The number of hydrogen-bond donors (Lipinski definition) is 0. The number of thiophene rings is 1. The highest BCUT2D eigenvalue weighted by Crippen LogP contribution is 2.37. The second-order valence-corrected chi connectivity index (χ2v) is 8.05. The van der Waals surface area contributed by atoms with Crippen molar-refractivity contribution in [3.05, 3.63) is 15.8 Å². The van der Waals surface area contributed by atoms with Crippen molar-refractivity contribution in [3.8, 4) is 0 Å². The van der Waals surface area contributed by atoms with Crippen LogP contribution in [0.4, 0.5) is 5.69 Å². The van der Waals surface area contributed by atoms with Crippen molar-refractivity contribution in [1.29, 1.82) is 0 Å². The summed E-state index contributed by atoms with van der Waals surface area (Å²) in [6.07, 6.45) is 4.04. The second-order valence-electron chi connectivity index (χ2n) is 5.00. The van der Waals surface area contributed by atoms with Gasteiger partial charge in [-0.2, -0.15) is 0 Å². The van der Waals surface area contributed by atoms with Gasteiger partial charge in [-0.3, -0.25) is 9.10 Å². The Morgan fingerprint density at radius 2 is 1.95 bits per heavy atom. The van der Waals surface area contributed by atoms with Gasteiger partial charge in [0.1, 0.15) is 0 Å². The van der Waals surface area contributed by atoms with E-state index in [1.54, 1.807) is 6.07 Å². The van der Waals surface area contributed by atoms with E-state index in [9.17, 15) is 13.2 Å². The van der Waals surface area contributed by atoms with E-state index < -0.39 is 10.0 Å². The first-order chi connectivity index (χ1) is 8.97. The SMILES string of the molecule is CS(=O)(=O)N1CCc2sc(C(=O)N3CCCC3)cc21. The molecule has 0 unspecified atom stereocenters. The lowest BCUT2D eigenvalue weighted by atomic mass is 10.3. The van der Waals surface area contributed by atoms with Gasteiger partial charge in [-0.25, -0.2) is 8.42 Å². The lowest BCUT2D eigenvalue weighted by Crippen LogP contribution is -2.28. The molecule has 0 N–H and O–H groups in total. The average molecular weight is 300 g/mol. The molecule has 1 aromatic heterocycles. The molecule has 1 saturated heterocycles. The lowest BCUT2D eigenvalue weighted by molar-refractivity contribution is 0.0797. The zero-order valence-corrected chi connectivity index (χ0v) is 12.4. The minimum Gasteiger partial charge on any atom is -0.338 e. The molecule has 1 aromatic rings. The van der Waals surface area contributed by atoms with Gasteiger partial charge in [0.25, 0.3) is 5.91 Å². The highest BCUT2D eigenvalue weighted by Gasteiger charge is 2.31. The summed E-state index contributed by atoms with van der Waals surface area (Å²) in [7, 11) is -3.23. The molecule has 0 spiro atoms. The summed E-state index contributed by atoms with van der Waals surface area (Å²) < 4.78 is 24.7. The van der Waals surface area contributed by atoms with E-state index in [-0.39, 0.29) is 5.91 Å². The number of carbonyl (C=O) groups is 1. The molecule has 1 fully saturated rings. The highest BCUT2D eigenvalue weighted by molar-refractivity contribution is 7.92. The van der Waals surface area contributed by atoms with Crippen LogP contribution in [0.5, 0.6) is 0 Å². The Morgan fingerprint density at radius 3 is 2.58 bits per heavy atom. The zero-order valence-electron chi connectivity index (χ0n) is 10.8. The maximum absolute atomic E-state index is 12.3. The summed E-state index contributed by atoms with van der Waals surface area (Å²) in [6, 6.07) is 1.74. The molecule has 3 rings (SSSR count). The van der Waals surface area contributed by atoms with Crippen LogP contribution in [0.1, 0.15) is 27.4 Å². The van der Waals surface area contributed by atoms with Crippen LogP contribution >= 0.6 is 11.3 Å². The van der Waals surface area contributed by atoms with Gasteiger partial charge in [-0.05, 0) is 18.9 Å². The van der Waals surface area contributed by atoms with E-state index in [0.717, 1.165) is 30.8 Å². The van der Waals surface area contributed by atoms with E-state index in [2.05, 4.69) is 0 Å². The van der Waals surface area contributed by atoms with Crippen molar-refractivity contribution >= 4 is 33.0 Å². The van der Waals surface area contributed by atoms with Crippen molar-refractivity contribution < 1.29 is 13.2 Å². The average Bonchev–Trinajstić information content (AvgIpc) is 3.02. The fourth-order valence-corrected chi connectivity index (χ4v) is 4.78. The predicted octanol–water partition coefficient (Wildman–Crippen LogP) is 1.31. The minimum atomic E-state index is -3.23. The molecule has 0 aliphatic carbocycles. The summed E-state index contributed by atoms with van der Waals surface area (Å²) in [5.74, 6) is 0.0466. The summed E-state index contributed by atoms with van der Waals surface area (Å²) in [5, 5.41) is 0. The Bertz CT molecular complexity index is 615. The number of fused-ring (bicyclic) bond motifs is 1. The highest BCUT2D eigenvalue weighted by atomic mass is 32.2. The standard InChI is InChI=1S/C12H16N2O3S2/c1-19(16,17)14-7-4-10-9(14)8-11(18-10)12(15)13-5-2-3-6-13/h8H,2-7H2,1H3. The number of rotatable bonds is 2. The van der Waals surface area contributed by atoms with Gasteiger partial charge in [-0.15, -0.1) is 11.3 Å². The van der Waals surface area contributed by atoms with Crippen LogP contribution < -0.4 is 4.31 Å². The van der Waals surface area contributed by atoms with Crippen molar-refractivity contribution in [2.24, 2.45) is 0 Å². The van der Waals surface area contributed by atoms with E-state index in [1.165, 1.54) is 21.9 Å². The first kappa shape index (κ1) is 12.9. The van der Waals surface area contributed by atoms with Crippen LogP contribution in [0.3, 0.4) is 0 Å². The van der Waals surface area contributed by atoms with Gasteiger partial charge in [0.2, 0.25) is 10.0 Å². The third kappa shape index (κ3) is 2.25. The summed E-state index contributed by atoms with van der Waals surface area (Å²) in [5.41, 5.74) is 0.704. The first-order valence-electron chi connectivity index (χ1n) is 6.36. The maximum Gasteiger partial charge on any atom is 0.264 e. The number of sulfonamides is 1. The van der Waals surface area contributed by atoms with Crippen LogP contribution in [-0.4, -0.2) is 45.1 Å². The topological polar surface area (TPSA) is 57.7 Å². The molecule has 19 heavy (non-hydrogen) atoms. The molecule has 5 nitrogen and oxygen atoms in total. The largest absolute Gasteiger partial charge is 0.338 e. The molecule has 0 radical (unpaired) electrons. The van der Waals surface area contributed by atoms with Crippen LogP contribution in [0.25, 0.3) is 0 Å². The van der Waals surface area contributed by atoms with Gasteiger partial charge in [0.15, 0.2) is 0 Å². The van der Waals surface area contributed by atoms with Crippen LogP contribution in [0, 0.1) is 0 Å². The van der Waals surface area contributed by atoms with E-state index in [4.69, 9.17) is 0 Å². The van der Waals surface area contributed by atoms with Crippen molar-refractivity contribution in [2.75, 3.05) is 30.2 Å². The Labute approximate surface area is 116 Å². The number of amides is 1. The normalized spacial score (nSPS) is 19.0. The molecule has 0 atom stereocenters. The number of likely N-dealkylation sites (tertiary alicyclic amines) is 1. The molecule has 2 aliphatic heterocycles. The minimum absolute atomic E-state index is 0.0466. The number of anilines is 1. The fourth-order valence-electron chi connectivity index (χ4n) is 2.66. The van der Waals surface area contributed by atoms with Crippen molar-refractivity contribution in [2.45, 2.75) is 19.3 Å². The third-order valence-electron chi connectivity index (χ3n) is 3.60. The second kappa shape index (κ2) is 4.49. The van der Waals surface area contributed by atoms with Crippen LogP contribution in [0.15, 0.2) is 6.07 Å². The monoisotopic (exact) mass is 300 g/mol. The van der Waals surface area contributed by atoms with E-state index in [0.29, 0.717) is 23.5 Å². The molecule has 3 heterocycles. The maximum atomic E-state index is 12.3. The Kier molecular flexibility index (Phi) is 3.05. The van der Waals surface area contributed by atoms with Gasteiger partial charge < -0.3 is 4.90 Å². The molecule has 7 heteroatoms. The molecule has 104 valence electrons. The zero-order chi connectivity index (χ0) is 13.6. The molecule has 1 amide bonds. The van der Waals surface area contributed by atoms with Gasteiger partial charge in [0, 0.05) is 30.9 Å². The first-order valence-corrected chi connectivity index (χ1v) is 9.03. The number of nitrogens with zero attached hydrogens (tertiary/aromatic N) is 2. The summed E-state index contributed by atoms with van der Waals surface area (Å²) >= 11 is 1.44. The lowest BCUT2D eigenvalue weighted by Gasteiger charge is -2.16. The van der Waals surface area contributed by atoms with E-state index in [1.807, 2.05) is 4.90 Å². The van der Waals surface area contributed by atoms with Crippen LogP contribution in [-0.2, 0) is 16.4 Å². The molecule has 2 aliphatic rings. The Morgan fingerprint density at radius 1 is 1.26 bits per heavy atom. The summed E-state index contributed by atoms with van der Waals surface area (Å²) in [6.45, 7) is 2.13. The smallest absolute Gasteiger partial charge is 0.264 e. The van der Waals surface area contributed by atoms with Crippen LogP contribution in [0.2, 0.25) is 0 Å². The Hall–Kier alpha value is -1.08. The van der Waals surface area contributed by atoms with Gasteiger partial charge in [0.05, 0.1) is 16.8 Å². The quantitative estimate of drug-likeness (QED) is 0.827. The predicted molar refractivity (Wildman–Crippen MR) is 75.4 cm³/mol. The van der Waals surface area contributed by atoms with Crippen molar-refractivity contribution in [3.63, 3.8) is 0 Å². The molecule has 0 saturated carbocycles. The molecular weight excluding hydrogens is 284 g/mol. The number of hydrogen-bond acceptors (Lipinski definition) is 4. The molecule has 0 aromatic carbocycles.